The Bertz CT molecular complexity index is 471. The Morgan fingerprint density at radius 2 is 1.76 bits per heavy atom. The van der Waals surface area contributed by atoms with Crippen molar-refractivity contribution in [1.29, 1.82) is 0 Å². The fourth-order valence-electron chi connectivity index (χ4n) is 2.43. The van der Waals surface area contributed by atoms with Crippen LogP contribution in [0.5, 0.6) is 5.75 Å². The Morgan fingerprint density at radius 1 is 1.19 bits per heavy atom. The van der Waals surface area contributed by atoms with Crippen molar-refractivity contribution in [2.75, 3.05) is 26.2 Å². The minimum Gasteiger partial charge on any atom is -0.481 e. The molecule has 0 bridgehead atoms. The second kappa shape index (κ2) is 6.48. The van der Waals surface area contributed by atoms with Crippen molar-refractivity contribution in [2.45, 2.75) is 39.2 Å². The van der Waals surface area contributed by atoms with E-state index in [0.29, 0.717) is 0 Å². The highest BCUT2D eigenvalue weighted by atomic mass is 16.5. The van der Waals surface area contributed by atoms with E-state index in [9.17, 15) is 4.79 Å². The molecule has 1 heterocycles. The summed E-state index contributed by atoms with van der Waals surface area (Å²) >= 11 is 0. The number of carbonyl (C=O) groups is 1. The van der Waals surface area contributed by atoms with E-state index in [1.807, 2.05) is 24.0 Å². The molecule has 1 unspecified atom stereocenters. The molecule has 1 saturated heterocycles. The molecule has 1 atom stereocenters. The zero-order chi connectivity index (χ0) is 15.5. The Morgan fingerprint density at radius 3 is 2.29 bits per heavy atom. The van der Waals surface area contributed by atoms with Crippen LogP contribution in [0.2, 0.25) is 0 Å². The van der Waals surface area contributed by atoms with Crippen LogP contribution < -0.4 is 10.1 Å². The number of nitrogens with one attached hydrogen (secondary N) is 1. The molecule has 1 fully saturated rings. The van der Waals surface area contributed by atoms with Gasteiger partial charge in [0.2, 0.25) is 0 Å². The normalized spacial score (nSPS) is 17.4. The topological polar surface area (TPSA) is 41.6 Å². The number of piperazine rings is 1. The van der Waals surface area contributed by atoms with Gasteiger partial charge in [-0.15, -0.1) is 0 Å². The van der Waals surface area contributed by atoms with E-state index in [1.54, 1.807) is 0 Å². The highest BCUT2D eigenvalue weighted by Gasteiger charge is 2.23. The zero-order valence-electron chi connectivity index (χ0n) is 13.5. The summed E-state index contributed by atoms with van der Waals surface area (Å²) in [5.41, 5.74) is 1.39. The summed E-state index contributed by atoms with van der Waals surface area (Å²) in [5.74, 6) is 0.815. The van der Waals surface area contributed by atoms with Gasteiger partial charge in [-0.1, -0.05) is 32.9 Å². The number of carbonyl (C=O) groups excluding carboxylic acids is 1. The van der Waals surface area contributed by atoms with Crippen molar-refractivity contribution < 1.29 is 9.53 Å². The monoisotopic (exact) mass is 290 g/mol. The number of benzene rings is 1. The molecule has 1 N–H and O–H groups in total. The number of hydrogen-bond acceptors (Lipinski definition) is 3. The maximum Gasteiger partial charge on any atom is 0.263 e. The Kier molecular flexibility index (Phi) is 4.88. The number of nitrogens with zero attached hydrogens (tertiary/aromatic N) is 1. The van der Waals surface area contributed by atoms with E-state index < -0.39 is 6.10 Å². The maximum atomic E-state index is 12.3. The molecule has 0 aliphatic carbocycles. The predicted octanol–water partition coefficient (Wildman–Crippen LogP) is 2.18. The van der Waals surface area contributed by atoms with Gasteiger partial charge in [-0.3, -0.25) is 4.79 Å². The number of amides is 1. The lowest BCUT2D eigenvalue weighted by Gasteiger charge is -2.29. The summed E-state index contributed by atoms with van der Waals surface area (Å²) in [6.45, 7) is 11.6. The molecule has 116 valence electrons. The maximum absolute atomic E-state index is 12.3. The minimum atomic E-state index is -0.441. The van der Waals surface area contributed by atoms with Crippen molar-refractivity contribution in [3.8, 4) is 5.75 Å². The lowest BCUT2D eigenvalue weighted by atomic mass is 9.87. The second-order valence-electron chi connectivity index (χ2n) is 6.61. The first-order valence-corrected chi connectivity index (χ1v) is 7.64. The van der Waals surface area contributed by atoms with Crippen LogP contribution in [0.4, 0.5) is 0 Å². The van der Waals surface area contributed by atoms with E-state index >= 15 is 0 Å². The summed E-state index contributed by atoms with van der Waals surface area (Å²) in [7, 11) is 0. The van der Waals surface area contributed by atoms with Crippen LogP contribution in [0.25, 0.3) is 0 Å². The van der Waals surface area contributed by atoms with E-state index in [2.05, 4.69) is 38.2 Å². The van der Waals surface area contributed by atoms with Gasteiger partial charge < -0.3 is 15.0 Å². The number of hydrogen-bond donors (Lipinski definition) is 1. The van der Waals surface area contributed by atoms with Crippen LogP contribution in [0.3, 0.4) is 0 Å². The molecule has 1 aromatic carbocycles. The molecule has 1 aromatic rings. The van der Waals surface area contributed by atoms with Crippen LogP contribution in [-0.4, -0.2) is 43.1 Å². The largest absolute Gasteiger partial charge is 0.481 e. The summed E-state index contributed by atoms with van der Waals surface area (Å²) in [6, 6.07) is 8.03. The molecule has 1 amide bonds. The van der Waals surface area contributed by atoms with Gasteiger partial charge in [-0.25, -0.2) is 0 Å². The Balaban J connectivity index is 1.95. The first-order valence-electron chi connectivity index (χ1n) is 7.64. The highest BCUT2D eigenvalue weighted by molar-refractivity contribution is 5.81. The third-order valence-electron chi connectivity index (χ3n) is 3.81. The lowest BCUT2D eigenvalue weighted by molar-refractivity contribution is -0.138. The first kappa shape index (κ1) is 15.8. The van der Waals surface area contributed by atoms with Crippen molar-refractivity contribution in [2.24, 2.45) is 0 Å². The molecule has 1 aliphatic rings. The molecule has 0 aromatic heterocycles. The molecule has 0 spiro atoms. The summed E-state index contributed by atoms with van der Waals surface area (Å²) < 4.78 is 5.79. The fraction of sp³-hybridized carbons (Fsp3) is 0.588. The SMILES string of the molecule is CC(Oc1ccc(C(C)(C)C)cc1)C(=O)N1CCNCC1. The van der Waals surface area contributed by atoms with Crippen LogP contribution in [-0.2, 0) is 10.2 Å². The van der Waals surface area contributed by atoms with Crippen LogP contribution in [0, 0.1) is 0 Å². The fourth-order valence-corrected chi connectivity index (χ4v) is 2.43. The molecule has 0 radical (unpaired) electrons. The van der Waals surface area contributed by atoms with Crippen molar-refractivity contribution in [3.63, 3.8) is 0 Å². The highest BCUT2D eigenvalue weighted by Crippen LogP contribution is 2.24. The summed E-state index contributed by atoms with van der Waals surface area (Å²) in [4.78, 5) is 14.2. The van der Waals surface area contributed by atoms with Gasteiger partial charge in [0.1, 0.15) is 5.75 Å². The van der Waals surface area contributed by atoms with Crippen molar-refractivity contribution in [1.82, 2.24) is 10.2 Å². The molecule has 0 saturated carbocycles. The number of ether oxygens (including phenoxy) is 1. The lowest BCUT2D eigenvalue weighted by Crippen LogP contribution is -2.50. The van der Waals surface area contributed by atoms with Crippen LogP contribution in [0.15, 0.2) is 24.3 Å². The average molecular weight is 290 g/mol. The third-order valence-corrected chi connectivity index (χ3v) is 3.81. The van der Waals surface area contributed by atoms with Gasteiger partial charge in [0.15, 0.2) is 6.10 Å². The second-order valence-corrected chi connectivity index (χ2v) is 6.61. The molecular weight excluding hydrogens is 264 g/mol. The van der Waals surface area contributed by atoms with Crippen LogP contribution >= 0.6 is 0 Å². The Hall–Kier alpha value is -1.55. The molecule has 4 heteroatoms. The van der Waals surface area contributed by atoms with Gasteiger partial charge in [-0.2, -0.15) is 0 Å². The quantitative estimate of drug-likeness (QED) is 0.928. The van der Waals surface area contributed by atoms with Crippen molar-refractivity contribution in [3.05, 3.63) is 29.8 Å². The molecule has 4 nitrogen and oxygen atoms in total. The van der Waals surface area contributed by atoms with E-state index in [1.165, 1.54) is 5.56 Å². The van der Waals surface area contributed by atoms with E-state index in [-0.39, 0.29) is 11.3 Å². The average Bonchev–Trinajstić information content (AvgIpc) is 2.47. The smallest absolute Gasteiger partial charge is 0.263 e. The molecule has 2 rings (SSSR count). The van der Waals surface area contributed by atoms with Gasteiger partial charge in [0.05, 0.1) is 0 Å². The predicted molar refractivity (Wildman–Crippen MR) is 84.7 cm³/mol. The zero-order valence-corrected chi connectivity index (χ0v) is 13.5. The minimum absolute atomic E-state index is 0.0661. The Labute approximate surface area is 127 Å². The van der Waals surface area contributed by atoms with Crippen LogP contribution in [0.1, 0.15) is 33.3 Å². The first-order chi connectivity index (χ1) is 9.88. The standard InChI is InChI=1S/C17H26N2O2/c1-13(16(20)19-11-9-18-10-12-19)21-15-7-5-14(6-8-15)17(2,3)4/h5-8,13,18H,9-12H2,1-4H3. The molecule has 1 aliphatic heterocycles. The molecule has 21 heavy (non-hydrogen) atoms. The van der Waals surface area contributed by atoms with Gasteiger partial charge in [0, 0.05) is 26.2 Å². The third kappa shape index (κ3) is 4.21. The van der Waals surface area contributed by atoms with Gasteiger partial charge in [-0.05, 0) is 30.0 Å². The van der Waals surface area contributed by atoms with E-state index in [4.69, 9.17) is 4.74 Å². The number of rotatable bonds is 3. The van der Waals surface area contributed by atoms with E-state index in [0.717, 1.165) is 31.9 Å². The molecular formula is C17H26N2O2. The summed E-state index contributed by atoms with van der Waals surface area (Å²) in [5, 5.41) is 3.24. The van der Waals surface area contributed by atoms with Gasteiger partial charge >= 0.3 is 0 Å². The van der Waals surface area contributed by atoms with Crippen molar-refractivity contribution >= 4 is 5.91 Å². The van der Waals surface area contributed by atoms with Gasteiger partial charge in [0.25, 0.3) is 5.91 Å². The summed E-state index contributed by atoms with van der Waals surface area (Å²) in [6.07, 6.45) is -0.441.